The molecule has 0 aromatic heterocycles. The van der Waals surface area contributed by atoms with Gasteiger partial charge in [-0.25, -0.2) is 8.78 Å². The highest BCUT2D eigenvalue weighted by atomic mass is 19.1. The van der Waals surface area contributed by atoms with Crippen LogP contribution in [0.3, 0.4) is 0 Å². The third kappa shape index (κ3) is 3.01. The molecule has 0 saturated heterocycles. The first-order valence-corrected chi connectivity index (χ1v) is 5.56. The predicted molar refractivity (Wildman–Crippen MR) is 60.1 cm³/mol. The Kier molecular flexibility index (Phi) is 4.42. The first-order chi connectivity index (χ1) is 7.43. The summed E-state index contributed by atoms with van der Waals surface area (Å²) in [6.07, 6.45) is 0.0745. The molecule has 1 rings (SSSR count). The molecule has 1 aromatic rings. The Balaban J connectivity index is 2.90. The topological polar surface area (TPSA) is 20.2 Å². The number of aryl methyl sites for hydroxylation is 1. The third-order valence-corrected chi connectivity index (χ3v) is 2.67. The van der Waals surface area contributed by atoms with Crippen LogP contribution >= 0.6 is 0 Å². The zero-order chi connectivity index (χ0) is 12.3. The van der Waals surface area contributed by atoms with E-state index in [0.29, 0.717) is 17.9 Å². The maximum absolute atomic E-state index is 13.6. The zero-order valence-corrected chi connectivity index (χ0v) is 9.93. The fraction of sp³-hybridized carbons (Fsp3) is 0.538. The Bertz CT molecular complexity index is 361. The second-order valence-electron chi connectivity index (χ2n) is 4.58. The second kappa shape index (κ2) is 5.39. The van der Waals surface area contributed by atoms with Crippen LogP contribution in [0.4, 0.5) is 8.78 Å². The molecule has 0 aliphatic rings. The van der Waals surface area contributed by atoms with Gasteiger partial charge < -0.3 is 5.11 Å². The van der Waals surface area contributed by atoms with E-state index in [9.17, 15) is 13.9 Å². The van der Waals surface area contributed by atoms with Crippen LogP contribution in [-0.4, -0.2) is 5.11 Å². The van der Waals surface area contributed by atoms with Gasteiger partial charge in [0.15, 0.2) is 0 Å². The average Bonchev–Trinajstić information content (AvgIpc) is 2.21. The highest BCUT2D eigenvalue weighted by Crippen LogP contribution is 2.27. The minimum absolute atomic E-state index is 0.194. The zero-order valence-electron chi connectivity index (χ0n) is 9.93. The molecule has 1 nitrogen and oxygen atoms in total. The second-order valence-corrected chi connectivity index (χ2v) is 4.58. The molecule has 0 spiro atoms. The number of halogens is 2. The van der Waals surface area contributed by atoms with Gasteiger partial charge in [-0.2, -0.15) is 0 Å². The average molecular weight is 228 g/mol. The lowest BCUT2D eigenvalue weighted by molar-refractivity contribution is 0.150. The van der Waals surface area contributed by atoms with E-state index < -0.39 is 17.7 Å². The van der Waals surface area contributed by atoms with Crippen molar-refractivity contribution < 1.29 is 13.9 Å². The van der Waals surface area contributed by atoms with Gasteiger partial charge in [-0.05, 0) is 37.3 Å². The molecule has 1 unspecified atom stereocenters. The van der Waals surface area contributed by atoms with Crippen LogP contribution in [0.5, 0.6) is 0 Å². The molecule has 0 aliphatic heterocycles. The van der Waals surface area contributed by atoms with E-state index >= 15 is 0 Å². The van der Waals surface area contributed by atoms with Gasteiger partial charge in [-0.3, -0.25) is 0 Å². The Labute approximate surface area is 95.1 Å². The summed E-state index contributed by atoms with van der Waals surface area (Å²) in [6, 6.07) is 2.58. The first kappa shape index (κ1) is 13.1. The van der Waals surface area contributed by atoms with E-state index in [-0.39, 0.29) is 5.56 Å². The quantitative estimate of drug-likeness (QED) is 0.832. The van der Waals surface area contributed by atoms with Crippen LogP contribution in [0.25, 0.3) is 0 Å². The Morgan fingerprint density at radius 2 is 1.81 bits per heavy atom. The van der Waals surface area contributed by atoms with Crippen LogP contribution in [0.2, 0.25) is 0 Å². The van der Waals surface area contributed by atoms with Crippen molar-refractivity contribution in [3.8, 4) is 0 Å². The number of hydrogen-bond acceptors (Lipinski definition) is 1. The van der Waals surface area contributed by atoms with Crippen molar-refractivity contribution in [3.05, 3.63) is 34.9 Å². The number of aliphatic hydroxyl groups excluding tert-OH is 1. The van der Waals surface area contributed by atoms with Crippen LogP contribution in [0.15, 0.2) is 12.1 Å². The predicted octanol–water partition coefficient (Wildman–Crippen LogP) is 3.74. The molecule has 0 amide bonds. The summed E-state index contributed by atoms with van der Waals surface area (Å²) in [6.45, 7) is 5.58. The van der Waals surface area contributed by atoms with Crippen molar-refractivity contribution in [2.75, 3.05) is 0 Å². The van der Waals surface area contributed by atoms with Gasteiger partial charge in [0, 0.05) is 0 Å². The molecule has 90 valence electrons. The van der Waals surface area contributed by atoms with Crippen molar-refractivity contribution in [1.29, 1.82) is 0 Å². The van der Waals surface area contributed by atoms with E-state index in [1.165, 1.54) is 12.1 Å². The monoisotopic (exact) mass is 228 g/mol. The molecule has 1 N–H and O–H groups in total. The third-order valence-electron chi connectivity index (χ3n) is 2.67. The van der Waals surface area contributed by atoms with E-state index in [1.807, 2.05) is 13.8 Å². The summed E-state index contributed by atoms with van der Waals surface area (Å²) in [5, 5.41) is 9.78. The summed E-state index contributed by atoms with van der Waals surface area (Å²) in [5.41, 5.74) is 0.167. The summed E-state index contributed by atoms with van der Waals surface area (Å²) in [5.74, 6) is -0.888. The van der Waals surface area contributed by atoms with Gasteiger partial charge in [0.2, 0.25) is 0 Å². The highest BCUT2D eigenvalue weighted by Gasteiger charge is 2.19. The molecular weight excluding hydrogens is 210 g/mol. The van der Waals surface area contributed by atoms with E-state index in [1.54, 1.807) is 6.92 Å². The summed E-state index contributed by atoms with van der Waals surface area (Å²) in [7, 11) is 0. The Morgan fingerprint density at radius 1 is 1.19 bits per heavy atom. The van der Waals surface area contributed by atoms with Gasteiger partial charge in [-0.1, -0.05) is 19.9 Å². The van der Waals surface area contributed by atoms with Crippen molar-refractivity contribution in [2.45, 2.75) is 39.7 Å². The standard InChI is InChI=1S/C13H18F2O/c1-8(2)4-7-11(16)12-10(14)6-5-9(3)13(12)15/h5-6,8,11,16H,4,7H2,1-3H3. The lowest BCUT2D eigenvalue weighted by atomic mass is 9.98. The molecule has 0 saturated carbocycles. The van der Waals surface area contributed by atoms with Crippen molar-refractivity contribution in [2.24, 2.45) is 5.92 Å². The Morgan fingerprint density at radius 3 is 2.38 bits per heavy atom. The molecule has 16 heavy (non-hydrogen) atoms. The van der Waals surface area contributed by atoms with Crippen molar-refractivity contribution in [3.63, 3.8) is 0 Å². The maximum atomic E-state index is 13.6. The van der Waals surface area contributed by atoms with Gasteiger partial charge in [-0.15, -0.1) is 0 Å². The summed E-state index contributed by atoms with van der Waals surface area (Å²) < 4.78 is 27.0. The first-order valence-electron chi connectivity index (χ1n) is 5.56. The van der Waals surface area contributed by atoms with E-state index in [2.05, 4.69) is 0 Å². The number of rotatable bonds is 4. The highest BCUT2D eigenvalue weighted by molar-refractivity contribution is 5.28. The smallest absolute Gasteiger partial charge is 0.134 e. The molecule has 1 aromatic carbocycles. The molecule has 0 bridgehead atoms. The molecule has 0 aliphatic carbocycles. The number of benzene rings is 1. The van der Waals surface area contributed by atoms with Crippen molar-refractivity contribution in [1.82, 2.24) is 0 Å². The fourth-order valence-corrected chi connectivity index (χ4v) is 1.62. The molecule has 0 radical (unpaired) electrons. The maximum Gasteiger partial charge on any atom is 0.134 e. The largest absolute Gasteiger partial charge is 0.388 e. The SMILES string of the molecule is Cc1ccc(F)c(C(O)CCC(C)C)c1F. The summed E-state index contributed by atoms with van der Waals surface area (Å²) >= 11 is 0. The van der Waals surface area contributed by atoms with E-state index in [4.69, 9.17) is 0 Å². The minimum Gasteiger partial charge on any atom is -0.388 e. The van der Waals surface area contributed by atoms with Gasteiger partial charge in [0.05, 0.1) is 11.7 Å². The number of hydrogen-bond donors (Lipinski definition) is 1. The summed E-state index contributed by atoms with van der Waals surface area (Å²) in [4.78, 5) is 0. The molecular formula is C13H18F2O. The van der Waals surface area contributed by atoms with E-state index in [0.717, 1.165) is 6.42 Å². The van der Waals surface area contributed by atoms with Crippen LogP contribution < -0.4 is 0 Å². The molecule has 0 fully saturated rings. The van der Waals surface area contributed by atoms with Crippen LogP contribution in [0, 0.1) is 24.5 Å². The van der Waals surface area contributed by atoms with Gasteiger partial charge in [0.25, 0.3) is 0 Å². The fourth-order valence-electron chi connectivity index (χ4n) is 1.62. The van der Waals surface area contributed by atoms with Crippen LogP contribution in [0.1, 0.15) is 43.9 Å². The lowest BCUT2D eigenvalue weighted by Gasteiger charge is -2.15. The lowest BCUT2D eigenvalue weighted by Crippen LogP contribution is -2.07. The Hall–Kier alpha value is -0.960. The number of aliphatic hydroxyl groups is 1. The van der Waals surface area contributed by atoms with Gasteiger partial charge >= 0.3 is 0 Å². The molecule has 1 atom stereocenters. The van der Waals surface area contributed by atoms with Crippen LogP contribution in [-0.2, 0) is 0 Å². The molecule has 3 heteroatoms. The van der Waals surface area contributed by atoms with Crippen molar-refractivity contribution >= 4 is 0 Å². The molecule has 0 heterocycles. The van der Waals surface area contributed by atoms with Gasteiger partial charge in [0.1, 0.15) is 11.6 Å². The normalized spacial score (nSPS) is 13.2. The minimum atomic E-state index is -1.05.